The van der Waals surface area contributed by atoms with Gasteiger partial charge in [-0.15, -0.1) is 11.3 Å². The number of hydrogen-bond acceptors (Lipinski definition) is 2. The van der Waals surface area contributed by atoms with Crippen LogP contribution in [0.2, 0.25) is 0 Å². The van der Waals surface area contributed by atoms with Crippen molar-refractivity contribution in [1.82, 2.24) is 4.98 Å². The first kappa shape index (κ1) is 7.73. The second-order valence-electron chi connectivity index (χ2n) is 2.74. The van der Waals surface area contributed by atoms with E-state index in [1.807, 2.05) is 6.92 Å². The smallest absolute Gasteiger partial charge is 0.0897 e. The molecule has 0 bridgehead atoms. The highest BCUT2D eigenvalue weighted by Gasteiger charge is 2.00. The van der Waals surface area contributed by atoms with E-state index in [1.54, 1.807) is 11.3 Å². The average molecular weight is 154 g/mol. The largest absolute Gasteiger partial charge is 0.247 e. The van der Waals surface area contributed by atoms with Crippen LogP contribution in [0, 0.1) is 12.8 Å². The van der Waals surface area contributed by atoms with Crippen molar-refractivity contribution in [2.75, 3.05) is 0 Å². The molecule has 0 fully saturated rings. The lowest BCUT2D eigenvalue weighted by Gasteiger charge is -1.97. The van der Waals surface area contributed by atoms with Crippen LogP contribution in [0.5, 0.6) is 0 Å². The Morgan fingerprint density at radius 2 is 2.30 bits per heavy atom. The Morgan fingerprint density at radius 1 is 1.60 bits per heavy atom. The number of aryl methyl sites for hydroxylation is 1. The van der Waals surface area contributed by atoms with E-state index in [1.165, 1.54) is 11.6 Å². The summed E-state index contributed by atoms with van der Waals surface area (Å²) in [6.45, 7) is 6.31. The molecule has 1 aromatic rings. The first-order valence-electron chi connectivity index (χ1n) is 3.38. The van der Waals surface area contributed by atoms with Gasteiger partial charge in [-0.05, 0) is 19.3 Å². The normalized spacial score (nSPS) is 10.8. The van der Waals surface area contributed by atoms with Crippen molar-refractivity contribution in [3.8, 4) is 0 Å². The van der Waals surface area contributed by atoms with E-state index in [2.05, 4.69) is 24.2 Å². The van der Waals surface area contributed by atoms with Gasteiger partial charge in [0.25, 0.3) is 0 Å². The quantitative estimate of drug-likeness (QED) is 0.638. The van der Waals surface area contributed by atoms with E-state index >= 15 is 0 Å². The van der Waals surface area contributed by atoms with Gasteiger partial charge in [0, 0.05) is 5.38 Å². The summed E-state index contributed by atoms with van der Waals surface area (Å²) in [5, 5.41) is 3.29. The lowest BCUT2D eigenvalue weighted by molar-refractivity contribution is 0.922. The molecule has 10 heavy (non-hydrogen) atoms. The summed E-state index contributed by atoms with van der Waals surface area (Å²) >= 11 is 1.72. The molecular weight excluding hydrogens is 142 g/mol. The molecule has 0 amide bonds. The van der Waals surface area contributed by atoms with Gasteiger partial charge in [0.1, 0.15) is 0 Å². The van der Waals surface area contributed by atoms with Crippen molar-refractivity contribution in [1.29, 1.82) is 0 Å². The fourth-order valence-electron chi connectivity index (χ4n) is 0.852. The number of aromatic nitrogens is 1. The van der Waals surface area contributed by atoms with Crippen LogP contribution in [0.25, 0.3) is 0 Å². The highest BCUT2D eigenvalue weighted by Crippen LogP contribution is 2.12. The molecule has 2 heteroatoms. The van der Waals surface area contributed by atoms with E-state index in [9.17, 15) is 0 Å². The molecule has 0 atom stereocenters. The zero-order chi connectivity index (χ0) is 7.56. The minimum atomic E-state index is 1.03. The molecule has 0 aromatic carbocycles. The second-order valence-corrected chi connectivity index (χ2v) is 3.80. The van der Waals surface area contributed by atoms with Gasteiger partial charge in [-0.1, -0.05) is 13.8 Å². The van der Waals surface area contributed by atoms with E-state index in [0.29, 0.717) is 0 Å². The predicted octanol–water partition coefficient (Wildman–Crippen LogP) is 2.61. The first-order valence-corrected chi connectivity index (χ1v) is 4.26. The van der Waals surface area contributed by atoms with Gasteiger partial charge in [0.05, 0.1) is 10.7 Å². The van der Waals surface area contributed by atoms with E-state index < -0.39 is 0 Å². The van der Waals surface area contributed by atoms with Crippen LogP contribution in [0.15, 0.2) is 5.38 Å². The van der Waals surface area contributed by atoms with Gasteiger partial charge in [-0.25, -0.2) is 4.98 Å². The Morgan fingerprint density at radius 3 is 2.70 bits per heavy atom. The van der Waals surface area contributed by atoms with Crippen molar-refractivity contribution in [3.63, 3.8) is 0 Å². The minimum absolute atomic E-state index is 1.03. The summed E-state index contributed by atoms with van der Waals surface area (Å²) in [7, 11) is 0. The van der Waals surface area contributed by atoms with Crippen LogP contribution in [0.3, 0.4) is 0 Å². The second kappa shape index (κ2) is 3.15. The van der Waals surface area contributed by atoms with Gasteiger partial charge >= 0.3 is 0 Å². The maximum atomic E-state index is 4.35. The zero-order valence-electron chi connectivity index (χ0n) is 6.64. The number of nitrogens with zero attached hydrogens (tertiary/aromatic N) is 1. The standard InChI is InChI=1S/C8H12NS/c1-6(2)4-8-5-10-7(3)9-8/h5H,4H2,1-3H3. The third-order valence-corrected chi connectivity index (χ3v) is 2.02. The van der Waals surface area contributed by atoms with Crippen molar-refractivity contribution in [2.24, 2.45) is 0 Å². The summed E-state index contributed by atoms with van der Waals surface area (Å²) in [5.74, 6) is 1.42. The molecule has 0 aliphatic rings. The van der Waals surface area contributed by atoms with Crippen molar-refractivity contribution in [3.05, 3.63) is 22.0 Å². The van der Waals surface area contributed by atoms with Crippen molar-refractivity contribution < 1.29 is 0 Å². The molecule has 1 nitrogen and oxygen atoms in total. The van der Waals surface area contributed by atoms with Crippen LogP contribution in [-0.4, -0.2) is 4.98 Å². The summed E-state index contributed by atoms with van der Waals surface area (Å²) in [6, 6.07) is 0. The van der Waals surface area contributed by atoms with Crippen LogP contribution in [0.1, 0.15) is 24.5 Å². The molecule has 0 aliphatic heterocycles. The molecule has 1 aromatic heterocycles. The summed E-state index contributed by atoms with van der Waals surface area (Å²) < 4.78 is 0. The maximum absolute atomic E-state index is 4.35. The lowest BCUT2D eigenvalue weighted by atomic mass is 10.1. The van der Waals surface area contributed by atoms with Gasteiger partial charge in [-0.2, -0.15) is 0 Å². The van der Waals surface area contributed by atoms with Gasteiger partial charge < -0.3 is 0 Å². The Bertz CT molecular complexity index is 203. The lowest BCUT2D eigenvalue weighted by Crippen LogP contribution is -1.91. The number of hydrogen-bond donors (Lipinski definition) is 0. The zero-order valence-corrected chi connectivity index (χ0v) is 7.46. The van der Waals surface area contributed by atoms with Crippen LogP contribution in [-0.2, 0) is 6.42 Å². The predicted molar refractivity (Wildman–Crippen MR) is 45.1 cm³/mol. The van der Waals surface area contributed by atoms with Gasteiger partial charge in [0.15, 0.2) is 0 Å². The first-order chi connectivity index (χ1) is 4.68. The van der Waals surface area contributed by atoms with Crippen LogP contribution < -0.4 is 0 Å². The Balaban J connectivity index is 2.58. The third kappa shape index (κ3) is 2.10. The van der Waals surface area contributed by atoms with Crippen molar-refractivity contribution in [2.45, 2.75) is 27.2 Å². The average Bonchev–Trinajstić information content (AvgIpc) is 2.13. The summed E-state index contributed by atoms with van der Waals surface area (Å²) in [5.41, 5.74) is 1.21. The monoisotopic (exact) mass is 154 g/mol. The van der Waals surface area contributed by atoms with E-state index in [-0.39, 0.29) is 0 Å². The Kier molecular flexibility index (Phi) is 2.44. The number of thiazole rings is 1. The molecular formula is C8H12NS. The molecule has 0 spiro atoms. The highest BCUT2D eigenvalue weighted by molar-refractivity contribution is 7.09. The molecule has 0 unspecified atom stereocenters. The van der Waals surface area contributed by atoms with Gasteiger partial charge in [-0.3, -0.25) is 0 Å². The van der Waals surface area contributed by atoms with E-state index in [4.69, 9.17) is 0 Å². The molecule has 0 saturated carbocycles. The molecule has 1 radical (unpaired) electrons. The molecule has 0 aliphatic carbocycles. The third-order valence-electron chi connectivity index (χ3n) is 1.20. The number of rotatable bonds is 2. The summed E-state index contributed by atoms with van der Waals surface area (Å²) in [4.78, 5) is 4.35. The highest BCUT2D eigenvalue weighted by atomic mass is 32.1. The summed E-state index contributed by atoms with van der Waals surface area (Å²) in [6.07, 6.45) is 1.03. The molecule has 0 N–H and O–H groups in total. The topological polar surface area (TPSA) is 12.9 Å². The SMILES string of the molecule is C[C](C)Cc1csc(C)n1. The molecule has 1 rings (SSSR count). The molecule has 0 saturated heterocycles. The van der Waals surface area contributed by atoms with Gasteiger partial charge in [0.2, 0.25) is 0 Å². The Hall–Kier alpha value is -0.370. The Labute approximate surface area is 66.1 Å². The van der Waals surface area contributed by atoms with Crippen molar-refractivity contribution >= 4 is 11.3 Å². The fraction of sp³-hybridized carbons (Fsp3) is 0.500. The van der Waals surface area contributed by atoms with Crippen LogP contribution >= 0.6 is 11.3 Å². The molecule has 1 heterocycles. The van der Waals surface area contributed by atoms with E-state index in [0.717, 1.165) is 11.4 Å². The fourth-order valence-corrected chi connectivity index (χ4v) is 1.46. The maximum Gasteiger partial charge on any atom is 0.0897 e. The minimum Gasteiger partial charge on any atom is -0.247 e. The molecule has 55 valence electrons. The van der Waals surface area contributed by atoms with Crippen LogP contribution in [0.4, 0.5) is 0 Å².